The first kappa shape index (κ1) is 8.10. The van der Waals surface area contributed by atoms with E-state index >= 15 is 0 Å². The topological polar surface area (TPSA) is 56.0 Å². The van der Waals surface area contributed by atoms with Gasteiger partial charge in [-0.1, -0.05) is 20.8 Å². The Bertz CT molecular complexity index is 392. The van der Waals surface area contributed by atoms with E-state index < -0.39 is 0 Å². The molecule has 0 saturated heterocycles. The molecule has 0 saturated carbocycles. The van der Waals surface area contributed by atoms with Gasteiger partial charge in [0.2, 0.25) is 0 Å². The fraction of sp³-hybridized carbons (Fsp3) is 0.500. The highest BCUT2D eigenvalue weighted by molar-refractivity contribution is 5.34. The Morgan fingerprint density at radius 3 is 2.69 bits per heavy atom. The SMILES string of the molecule is CC(C)(C)c1nc2ccnnn2n1. The number of rotatable bonds is 0. The van der Waals surface area contributed by atoms with Gasteiger partial charge in [-0.15, -0.1) is 14.8 Å². The molecule has 0 radical (unpaired) electrons. The summed E-state index contributed by atoms with van der Waals surface area (Å²) in [6, 6.07) is 1.79. The van der Waals surface area contributed by atoms with Gasteiger partial charge in [-0.2, -0.15) is 0 Å². The predicted molar refractivity (Wildman–Crippen MR) is 47.3 cm³/mol. The number of fused-ring (bicyclic) bond motifs is 1. The summed E-state index contributed by atoms with van der Waals surface area (Å²) < 4.78 is 1.45. The Morgan fingerprint density at radius 1 is 1.31 bits per heavy atom. The minimum absolute atomic E-state index is 0.0479. The lowest BCUT2D eigenvalue weighted by Gasteiger charge is -2.11. The first-order valence-corrected chi connectivity index (χ1v) is 4.12. The molecule has 5 heteroatoms. The van der Waals surface area contributed by atoms with Crippen molar-refractivity contribution >= 4 is 5.65 Å². The average Bonchev–Trinajstić information content (AvgIpc) is 2.45. The van der Waals surface area contributed by atoms with Crippen LogP contribution in [0.25, 0.3) is 5.65 Å². The summed E-state index contributed by atoms with van der Waals surface area (Å²) in [6.45, 7) is 6.19. The van der Waals surface area contributed by atoms with Crippen molar-refractivity contribution in [3.8, 4) is 0 Å². The van der Waals surface area contributed by atoms with Crippen molar-refractivity contribution in [3.63, 3.8) is 0 Å². The molecule has 0 atom stereocenters. The molecule has 0 aliphatic rings. The van der Waals surface area contributed by atoms with Crippen molar-refractivity contribution in [3.05, 3.63) is 18.1 Å². The van der Waals surface area contributed by atoms with E-state index in [2.05, 4.69) is 41.2 Å². The van der Waals surface area contributed by atoms with E-state index in [1.807, 2.05) is 0 Å². The Labute approximate surface area is 75.8 Å². The zero-order valence-electron chi connectivity index (χ0n) is 7.89. The van der Waals surface area contributed by atoms with Crippen LogP contribution in [0.2, 0.25) is 0 Å². The summed E-state index contributed by atoms with van der Waals surface area (Å²) in [5.41, 5.74) is 0.688. The second kappa shape index (κ2) is 2.48. The van der Waals surface area contributed by atoms with Gasteiger partial charge < -0.3 is 0 Å². The van der Waals surface area contributed by atoms with Crippen LogP contribution in [-0.4, -0.2) is 25.0 Å². The van der Waals surface area contributed by atoms with Crippen LogP contribution >= 0.6 is 0 Å². The van der Waals surface area contributed by atoms with Crippen molar-refractivity contribution in [2.24, 2.45) is 0 Å². The van der Waals surface area contributed by atoms with Crippen LogP contribution in [-0.2, 0) is 5.41 Å². The van der Waals surface area contributed by atoms with Crippen LogP contribution in [0.4, 0.5) is 0 Å². The first-order chi connectivity index (χ1) is 6.07. The van der Waals surface area contributed by atoms with Gasteiger partial charge in [0.05, 0.1) is 6.20 Å². The Kier molecular flexibility index (Phi) is 1.55. The van der Waals surface area contributed by atoms with Crippen LogP contribution in [0.1, 0.15) is 26.6 Å². The molecule has 2 heterocycles. The van der Waals surface area contributed by atoms with E-state index in [1.54, 1.807) is 12.3 Å². The second-order valence-corrected chi connectivity index (χ2v) is 3.95. The number of nitrogens with zero attached hydrogens (tertiary/aromatic N) is 5. The van der Waals surface area contributed by atoms with Crippen molar-refractivity contribution in [1.29, 1.82) is 0 Å². The van der Waals surface area contributed by atoms with E-state index in [4.69, 9.17) is 0 Å². The molecule has 0 spiro atoms. The number of aromatic nitrogens is 5. The van der Waals surface area contributed by atoms with E-state index in [0.717, 1.165) is 11.5 Å². The number of hydrogen-bond donors (Lipinski definition) is 0. The molecule has 2 aromatic rings. The lowest BCUT2D eigenvalue weighted by Crippen LogP contribution is -2.13. The van der Waals surface area contributed by atoms with Crippen LogP contribution in [0.5, 0.6) is 0 Å². The van der Waals surface area contributed by atoms with E-state index in [1.165, 1.54) is 4.63 Å². The van der Waals surface area contributed by atoms with Crippen molar-refractivity contribution in [1.82, 2.24) is 25.0 Å². The fourth-order valence-corrected chi connectivity index (χ4v) is 0.983. The smallest absolute Gasteiger partial charge is 0.179 e. The molecular weight excluding hydrogens is 166 g/mol. The highest BCUT2D eigenvalue weighted by Crippen LogP contribution is 2.17. The van der Waals surface area contributed by atoms with Gasteiger partial charge in [0.25, 0.3) is 0 Å². The zero-order valence-corrected chi connectivity index (χ0v) is 7.89. The first-order valence-electron chi connectivity index (χ1n) is 4.12. The van der Waals surface area contributed by atoms with Gasteiger partial charge in [0.15, 0.2) is 11.5 Å². The van der Waals surface area contributed by atoms with Crippen LogP contribution in [0.3, 0.4) is 0 Å². The maximum atomic E-state index is 4.33. The molecule has 0 amide bonds. The summed E-state index contributed by atoms with van der Waals surface area (Å²) in [6.07, 6.45) is 1.61. The van der Waals surface area contributed by atoms with E-state index in [-0.39, 0.29) is 5.41 Å². The summed E-state index contributed by atoms with van der Waals surface area (Å²) >= 11 is 0. The van der Waals surface area contributed by atoms with Crippen LogP contribution in [0.15, 0.2) is 12.3 Å². The van der Waals surface area contributed by atoms with Crippen LogP contribution < -0.4 is 0 Å². The molecule has 0 unspecified atom stereocenters. The Balaban J connectivity index is 2.63. The average molecular weight is 177 g/mol. The zero-order chi connectivity index (χ0) is 9.47. The standard InChI is InChI=1S/C8H11N5/c1-8(2,3)7-10-6-4-5-9-12-13(6)11-7/h4-5H,1-3H3. The van der Waals surface area contributed by atoms with Gasteiger partial charge >= 0.3 is 0 Å². The third-order valence-electron chi connectivity index (χ3n) is 1.71. The molecule has 0 aliphatic carbocycles. The lowest BCUT2D eigenvalue weighted by molar-refractivity contribution is 0.537. The quantitative estimate of drug-likeness (QED) is 0.597. The summed E-state index contributed by atoms with van der Waals surface area (Å²) in [5, 5.41) is 11.7. The molecule has 5 nitrogen and oxygen atoms in total. The minimum atomic E-state index is -0.0479. The number of hydrogen-bond acceptors (Lipinski definition) is 4. The van der Waals surface area contributed by atoms with Crippen molar-refractivity contribution in [2.45, 2.75) is 26.2 Å². The van der Waals surface area contributed by atoms with E-state index in [0.29, 0.717) is 0 Å². The molecule has 2 aromatic heterocycles. The van der Waals surface area contributed by atoms with Crippen LogP contribution in [0, 0.1) is 0 Å². The monoisotopic (exact) mass is 177 g/mol. The predicted octanol–water partition coefficient (Wildman–Crippen LogP) is 0.817. The molecule has 68 valence electrons. The maximum Gasteiger partial charge on any atom is 0.179 e. The molecule has 13 heavy (non-hydrogen) atoms. The van der Waals surface area contributed by atoms with E-state index in [9.17, 15) is 0 Å². The maximum absolute atomic E-state index is 4.33. The molecule has 2 rings (SSSR count). The molecule has 0 aromatic carbocycles. The lowest BCUT2D eigenvalue weighted by atomic mass is 9.96. The van der Waals surface area contributed by atoms with Crippen molar-refractivity contribution in [2.75, 3.05) is 0 Å². The molecule has 0 aliphatic heterocycles. The highest BCUT2D eigenvalue weighted by atomic mass is 15.5. The molecule has 0 bridgehead atoms. The minimum Gasteiger partial charge on any atom is -0.209 e. The highest BCUT2D eigenvalue weighted by Gasteiger charge is 2.19. The fourth-order valence-electron chi connectivity index (χ4n) is 0.983. The third-order valence-corrected chi connectivity index (χ3v) is 1.71. The largest absolute Gasteiger partial charge is 0.209 e. The van der Waals surface area contributed by atoms with Gasteiger partial charge in [-0.05, 0) is 5.21 Å². The van der Waals surface area contributed by atoms with Gasteiger partial charge in [-0.3, -0.25) is 0 Å². The summed E-state index contributed by atoms with van der Waals surface area (Å²) in [7, 11) is 0. The van der Waals surface area contributed by atoms with Crippen molar-refractivity contribution < 1.29 is 0 Å². The Hall–Kier alpha value is -1.52. The molecule has 0 fully saturated rings. The second-order valence-electron chi connectivity index (χ2n) is 3.95. The summed E-state index contributed by atoms with van der Waals surface area (Å²) in [5.74, 6) is 0.785. The van der Waals surface area contributed by atoms with Gasteiger partial charge in [-0.25, -0.2) is 4.98 Å². The third kappa shape index (κ3) is 1.37. The molecule has 0 N–H and O–H groups in total. The Morgan fingerprint density at radius 2 is 2.08 bits per heavy atom. The summed E-state index contributed by atoms with van der Waals surface area (Å²) in [4.78, 5) is 4.33. The van der Waals surface area contributed by atoms with Gasteiger partial charge in [0.1, 0.15) is 0 Å². The molecular formula is C8H11N5. The van der Waals surface area contributed by atoms with Gasteiger partial charge in [0, 0.05) is 11.5 Å². The normalized spacial score (nSPS) is 12.2.